The average molecular weight is 374 g/mol. The topological polar surface area (TPSA) is 75.6 Å². The van der Waals surface area contributed by atoms with E-state index in [1.54, 1.807) is 30.1 Å². The molecule has 1 aliphatic carbocycles. The van der Waals surface area contributed by atoms with Gasteiger partial charge in [-0.15, -0.1) is 0 Å². The molecule has 2 aromatic heterocycles. The molecule has 1 atom stereocenters. The second-order valence-corrected chi connectivity index (χ2v) is 6.92. The summed E-state index contributed by atoms with van der Waals surface area (Å²) in [4.78, 5) is 12.5. The first-order valence-corrected chi connectivity index (χ1v) is 8.75. The number of anilines is 1. The molecule has 1 unspecified atom stereocenters. The van der Waals surface area contributed by atoms with Gasteiger partial charge in [0, 0.05) is 23.7 Å². The van der Waals surface area contributed by atoms with Gasteiger partial charge in [-0.1, -0.05) is 11.6 Å². The van der Waals surface area contributed by atoms with Crippen LogP contribution in [0.1, 0.15) is 42.9 Å². The van der Waals surface area contributed by atoms with Crippen molar-refractivity contribution in [3.05, 3.63) is 58.8 Å². The molecule has 2 heterocycles. The summed E-state index contributed by atoms with van der Waals surface area (Å²) < 4.78 is 14.9. The summed E-state index contributed by atoms with van der Waals surface area (Å²) in [5.41, 5.74) is 2.36. The number of carbonyl (C=O) groups is 1. The number of aromatic nitrogens is 4. The van der Waals surface area contributed by atoms with E-state index < -0.39 is 11.7 Å². The van der Waals surface area contributed by atoms with Crippen LogP contribution < -0.4 is 5.32 Å². The molecule has 1 aromatic carbocycles. The van der Waals surface area contributed by atoms with Crippen molar-refractivity contribution in [3.8, 4) is 5.69 Å². The zero-order chi connectivity index (χ0) is 18.3. The highest BCUT2D eigenvalue weighted by Crippen LogP contribution is 2.39. The number of rotatable bonds is 5. The van der Waals surface area contributed by atoms with E-state index in [2.05, 4.69) is 20.6 Å². The van der Waals surface area contributed by atoms with Gasteiger partial charge in [-0.25, -0.2) is 9.07 Å². The highest BCUT2D eigenvalue weighted by atomic mass is 35.5. The standard InChI is InChI=1S/C18H17ClFN5O/c1-10(18(26)22-17-7-16(23-24-17)11-2-3-11)12-8-21-25(9-12)13-4-5-15(20)14(19)6-13/h4-11H,2-3H2,1H3,(H2,22,23,24,26). The minimum Gasteiger partial charge on any atom is -0.311 e. The quantitative estimate of drug-likeness (QED) is 0.709. The molecule has 26 heavy (non-hydrogen) atoms. The Hall–Kier alpha value is -2.67. The molecule has 1 amide bonds. The zero-order valence-electron chi connectivity index (χ0n) is 14.0. The van der Waals surface area contributed by atoms with Crippen LogP contribution in [0.5, 0.6) is 0 Å². The molecular formula is C18H17ClFN5O. The number of H-pyrrole nitrogens is 1. The lowest BCUT2D eigenvalue weighted by Gasteiger charge is -2.08. The van der Waals surface area contributed by atoms with Crippen molar-refractivity contribution >= 4 is 23.3 Å². The Kier molecular flexibility index (Phi) is 4.24. The van der Waals surface area contributed by atoms with Crippen molar-refractivity contribution in [3.63, 3.8) is 0 Å². The molecule has 6 nitrogen and oxygen atoms in total. The van der Waals surface area contributed by atoms with E-state index in [0.717, 1.165) is 24.1 Å². The van der Waals surface area contributed by atoms with E-state index >= 15 is 0 Å². The van der Waals surface area contributed by atoms with Crippen molar-refractivity contribution < 1.29 is 9.18 Å². The minimum atomic E-state index is -0.485. The van der Waals surface area contributed by atoms with Crippen molar-refractivity contribution in [2.75, 3.05) is 5.32 Å². The van der Waals surface area contributed by atoms with Gasteiger partial charge in [0.25, 0.3) is 0 Å². The Morgan fingerprint density at radius 2 is 2.23 bits per heavy atom. The van der Waals surface area contributed by atoms with E-state index in [9.17, 15) is 9.18 Å². The van der Waals surface area contributed by atoms with E-state index in [4.69, 9.17) is 11.6 Å². The van der Waals surface area contributed by atoms with Gasteiger partial charge < -0.3 is 5.32 Å². The van der Waals surface area contributed by atoms with Crippen LogP contribution in [0.3, 0.4) is 0 Å². The Balaban J connectivity index is 1.46. The summed E-state index contributed by atoms with van der Waals surface area (Å²) in [6.45, 7) is 1.80. The molecule has 0 saturated heterocycles. The minimum absolute atomic E-state index is 0.0241. The maximum absolute atomic E-state index is 13.3. The molecule has 0 radical (unpaired) electrons. The molecule has 1 fully saturated rings. The third-order valence-corrected chi connectivity index (χ3v) is 4.80. The first kappa shape index (κ1) is 16.8. The molecule has 4 rings (SSSR count). The number of benzene rings is 1. The number of nitrogens with zero attached hydrogens (tertiary/aromatic N) is 3. The Morgan fingerprint density at radius 1 is 1.42 bits per heavy atom. The fourth-order valence-electron chi connectivity index (χ4n) is 2.71. The van der Waals surface area contributed by atoms with E-state index in [1.807, 2.05) is 6.07 Å². The Morgan fingerprint density at radius 3 is 2.96 bits per heavy atom. The van der Waals surface area contributed by atoms with Crippen LogP contribution in [0.2, 0.25) is 5.02 Å². The van der Waals surface area contributed by atoms with Crippen LogP contribution in [-0.2, 0) is 4.79 Å². The van der Waals surface area contributed by atoms with Gasteiger partial charge in [0.1, 0.15) is 11.6 Å². The van der Waals surface area contributed by atoms with Crippen LogP contribution >= 0.6 is 11.6 Å². The van der Waals surface area contributed by atoms with Gasteiger partial charge in [-0.2, -0.15) is 10.2 Å². The lowest BCUT2D eigenvalue weighted by molar-refractivity contribution is -0.117. The largest absolute Gasteiger partial charge is 0.311 e. The number of halogens is 2. The second kappa shape index (κ2) is 6.57. The fraction of sp³-hybridized carbons (Fsp3) is 0.278. The molecule has 1 aliphatic rings. The molecule has 0 aliphatic heterocycles. The summed E-state index contributed by atoms with van der Waals surface area (Å²) in [7, 11) is 0. The third kappa shape index (κ3) is 3.35. The highest BCUT2D eigenvalue weighted by Gasteiger charge is 2.26. The van der Waals surface area contributed by atoms with Crippen LogP contribution in [0.25, 0.3) is 5.69 Å². The number of hydrogen-bond acceptors (Lipinski definition) is 3. The first-order chi connectivity index (χ1) is 12.5. The highest BCUT2D eigenvalue weighted by molar-refractivity contribution is 6.30. The van der Waals surface area contributed by atoms with E-state index in [0.29, 0.717) is 17.4 Å². The molecule has 8 heteroatoms. The van der Waals surface area contributed by atoms with Crippen LogP contribution in [-0.4, -0.2) is 25.9 Å². The monoisotopic (exact) mass is 373 g/mol. The predicted molar refractivity (Wildman–Crippen MR) is 96.1 cm³/mol. The summed E-state index contributed by atoms with van der Waals surface area (Å²) in [6, 6.07) is 6.23. The number of nitrogens with one attached hydrogen (secondary N) is 2. The van der Waals surface area contributed by atoms with Gasteiger partial charge in [0.15, 0.2) is 0 Å². The second-order valence-electron chi connectivity index (χ2n) is 6.51. The number of hydrogen-bond donors (Lipinski definition) is 2. The number of carbonyl (C=O) groups excluding carboxylic acids is 1. The Bertz CT molecular complexity index is 962. The van der Waals surface area contributed by atoms with E-state index in [-0.39, 0.29) is 10.9 Å². The van der Waals surface area contributed by atoms with Gasteiger partial charge in [0.05, 0.1) is 28.5 Å². The summed E-state index contributed by atoms with van der Waals surface area (Å²) in [5, 5.41) is 14.2. The van der Waals surface area contributed by atoms with Crippen LogP contribution in [0, 0.1) is 5.82 Å². The molecule has 3 aromatic rings. The lowest BCUT2D eigenvalue weighted by atomic mass is 10.0. The summed E-state index contributed by atoms with van der Waals surface area (Å²) in [6.07, 6.45) is 5.66. The van der Waals surface area contributed by atoms with Gasteiger partial charge in [-0.3, -0.25) is 9.89 Å². The molecule has 0 bridgehead atoms. The molecule has 1 saturated carbocycles. The zero-order valence-corrected chi connectivity index (χ0v) is 14.8. The fourth-order valence-corrected chi connectivity index (χ4v) is 2.89. The normalized spacial score (nSPS) is 15.0. The maximum atomic E-state index is 13.3. The number of amides is 1. The maximum Gasteiger partial charge on any atom is 0.232 e. The summed E-state index contributed by atoms with van der Waals surface area (Å²) in [5.74, 6) is 0.0669. The SMILES string of the molecule is CC(C(=O)Nc1cc(C2CC2)n[nH]1)c1cnn(-c2ccc(F)c(Cl)c2)c1. The number of aromatic amines is 1. The molecule has 134 valence electrons. The van der Waals surface area contributed by atoms with Crippen molar-refractivity contribution in [1.29, 1.82) is 0 Å². The average Bonchev–Trinajstić information content (AvgIpc) is 3.17. The van der Waals surface area contributed by atoms with Crippen molar-refractivity contribution in [2.45, 2.75) is 31.6 Å². The van der Waals surface area contributed by atoms with Crippen LogP contribution in [0.4, 0.5) is 10.2 Å². The van der Waals surface area contributed by atoms with Crippen LogP contribution in [0.15, 0.2) is 36.7 Å². The van der Waals surface area contributed by atoms with Crippen molar-refractivity contribution in [1.82, 2.24) is 20.0 Å². The lowest BCUT2D eigenvalue weighted by Crippen LogP contribution is -2.18. The van der Waals surface area contributed by atoms with Gasteiger partial charge >= 0.3 is 0 Å². The smallest absolute Gasteiger partial charge is 0.232 e. The van der Waals surface area contributed by atoms with Gasteiger partial charge in [0.2, 0.25) is 5.91 Å². The summed E-state index contributed by atoms with van der Waals surface area (Å²) >= 11 is 5.81. The first-order valence-electron chi connectivity index (χ1n) is 8.37. The molecule has 0 spiro atoms. The van der Waals surface area contributed by atoms with Crippen molar-refractivity contribution in [2.24, 2.45) is 0 Å². The van der Waals surface area contributed by atoms with E-state index in [1.165, 1.54) is 12.1 Å². The Labute approximate surface area is 154 Å². The third-order valence-electron chi connectivity index (χ3n) is 4.51. The molecular weight excluding hydrogens is 357 g/mol. The predicted octanol–water partition coefficient (Wildman–Crippen LogP) is 4.01. The van der Waals surface area contributed by atoms with Gasteiger partial charge in [-0.05, 0) is 38.0 Å². The molecule has 2 N–H and O–H groups in total.